The highest BCUT2D eigenvalue weighted by Gasteiger charge is 2.30. The zero-order valence-electron chi connectivity index (χ0n) is 20.6. The van der Waals surface area contributed by atoms with Gasteiger partial charge < -0.3 is 25.5 Å². The average Bonchev–Trinajstić information content (AvgIpc) is 2.81. The van der Waals surface area contributed by atoms with E-state index in [-0.39, 0.29) is 18.6 Å². The van der Waals surface area contributed by atoms with Crippen molar-refractivity contribution in [2.24, 2.45) is 11.6 Å². The summed E-state index contributed by atoms with van der Waals surface area (Å²) >= 11 is 0. The normalized spacial score (nSPS) is 15.3. The number of aryl methyl sites for hydroxylation is 1. The fourth-order valence-electron chi connectivity index (χ4n) is 3.95. The summed E-state index contributed by atoms with van der Waals surface area (Å²) in [6.07, 6.45) is 6.09. The lowest BCUT2D eigenvalue weighted by molar-refractivity contribution is -0.134. The Morgan fingerprint density at radius 2 is 1.82 bits per heavy atom. The number of carbonyl (C=O) groups excluding carboxylic acids is 1. The number of benzene rings is 1. The third kappa shape index (κ3) is 6.63. The van der Waals surface area contributed by atoms with E-state index >= 15 is 0 Å². The van der Waals surface area contributed by atoms with Gasteiger partial charge in [-0.15, -0.1) is 0 Å². The lowest BCUT2D eigenvalue weighted by Gasteiger charge is -2.27. The van der Waals surface area contributed by atoms with Gasteiger partial charge in [-0.05, 0) is 70.7 Å². The molecule has 1 amide bonds. The first kappa shape index (κ1) is 25.4. The van der Waals surface area contributed by atoms with Crippen LogP contribution in [0.4, 0.5) is 0 Å². The number of hydrazine groups is 1. The van der Waals surface area contributed by atoms with Crippen molar-refractivity contribution >= 4 is 11.6 Å². The standard InChI is InChI=1S/C26H37N5O3/c1-18-23(33-19-11-7-5-8-12-19)16-15-21(30-18)24(27)22(31(4)28)17-29-25(32)26(2,3)34-20-13-9-6-10-14-20/h6,9-10,13-16,19H,5,7-8,11-12,17,27-28H2,1-4H3,(H,29,32)/b24-22-. The number of nitrogens with one attached hydrogen (secondary N) is 1. The Balaban J connectivity index is 1.70. The van der Waals surface area contributed by atoms with Crippen LogP contribution in [0.2, 0.25) is 0 Å². The smallest absolute Gasteiger partial charge is 0.263 e. The van der Waals surface area contributed by atoms with Gasteiger partial charge >= 0.3 is 0 Å². The molecule has 34 heavy (non-hydrogen) atoms. The molecule has 8 nitrogen and oxygen atoms in total. The van der Waals surface area contributed by atoms with Gasteiger partial charge in [0.25, 0.3) is 5.91 Å². The van der Waals surface area contributed by atoms with Crippen molar-refractivity contribution in [2.45, 2.75) is 64.6 Å². The van der Waals surface area contributed by atoms with E-state index in [9.17, 15) is 4.79 Å². The van der Waals surface area contributed by atoms with Crippen molar-refractivity contribution < 1.29 is 14.3 Å². The lowest BCUT2D eigenvalue weighted by atomic mass is 9.98. The molecule has 1 saturated carbocycles. The molecule has 0 saturated heterocycles. The fourth-order valence-corrected chi connectivity index (χ4v) is 3.95. The number of likely N-dealkylation sites (N-methyl/N-ethyl adjacent to an activating group) is 1. The molecule has 1 aliphatic carbocycles. The zero-order valence-corrected chi connectivity index (χ0v) is 20.6. The van der Waals surface area contributed by atoms with Crippen LogP contribution in [0.1, 0.15) is 57.3 Å². The summed E-state index contributed by atoms with van der Waals surface area (Å²) in [6, 6.07) is 12.9. The van der Waals surface area contributed by atoms with Crippen LogP contribution in [0.25, 0.3) is 5.70 Å². The number of ether oxygens (including phenoxy) is 2. The van der Waals surface area contributed by atoms with E-state index in [0.29, 0.717) is 22.8 Å². The Hall–Kier alpha value is -3.26. The second kappa shape index (κ2) is 11.2. The molecule has 0 radical (unpaired) electrons. The highest BCUT2D eigenvalue weighted by Crippen LogP contribution is 2.26. The van der Waals surface area contributed by atoms with Crippen molar-refractivity contribution in [3.63, 3.8) is 0 Å². The van der Waals surface area contributed by atoms with Gasteiger partial charge in [0.1, 0.15) is 11.5 Å². The average molecular weight is 468 g/mol. The molecule has 3 rings (SSSR count). The summed E-state index contributed by atoms with van der Waals surface area (Å²) in [5.41, 5.74) is 7.63. The minimum absolute atomic E-state index is 0.125. The minimum atomic E-state index is -1.08. The quantitative estimate of drug-likeness (QED) is 0.382. The SMILES string of the molecule is Cc1nc(/C(N)=C(\CNC(=O)C(C)(C)Oc2ccccc2)N(C)N)ccc1OC1CCCCC1. The van der Waals surface area contributed by atoms with Gasteiger partial charge in [0, 0.05) is 7.05 Å². The summed E-state index contributed by atoms with van der Waals surface area (Å²) in [4.78, 5) is 17.5. The van der Waals surface area contributed by atoms with Gasteiger partial charge in [-0.25, -0.2) is 10.8 Å². The van der Waals surface area contributed by atoms with Gasteiger partial charge in [-0.1, -0.05) is 24.6 Å². The number of para-hydroxylation sites is 1. The summed E-state index contributed by atoms with van der Waals surface area (Å²) in [5, 5.41) is 4.27. The maximum atomic E-state index is 12.9. The van der Waals surface area contributed by atoms with Crippen LogP contribution in [0.3, 0.4) is 0 Å². The number of hydrogen-bond acceptors (Lipinski definition) is 7. The second-order valence-electron chi connectivity index (χ2n) is 9.24. The number of carbonyl (C=O) groups is 1. The molecule has 2 aromatic rings. The van der Waals surface area contributed by atoms with Gasteiger partial charge in [0.15, 0.2) is 5.60 Å². The maximum absolute atomic E-state index is 12.9. The Kier molecular flexibility index (Phi) is 8.39. The molecule has 1 aromatic carbocycles. The summed E-state index contributed by atoms with van der Waals surface area (Å²) in [5.74, 6) is 7.15. The molecule has 1 aliphatic rings. The Morgan fingerprint density at radius 1 is 1.15 bits per heavy atom. The molecule has 8 heteroatoms. The first-order valence-electron chi connectivity index (χ1n) is 11.8. The molecule has 1 fully saturated rings. The predicted molar refractivity (Wildman–Crippen MR) is 134 cm³/mol. The van der Waals surface area contributed by atoms with Crippen LogP contribution >= 0.6 is 0 Å². The topological polar surface area (TPSA) is 116 Å². The van der Waals surface area contributed by atoms with Crippen molar-refractivity contribution in [3.05, 3.63) is 59.5 Å². The van der Waals surface area contributed by atoms with Crippen LogP contribution in [0, 0.1) is 6.92 Å². The highest BCUT2D eigenvalue weighted by atomic mass is 16.5. The molecule has 0 atom stereocenters. The van der Waals surface area contributed by atoms with Crippen LogP contribution in [0.15, 0.2) is 48.2 Å². The van der Waals surface area contributed by atoms with Gasteiger partial charge in [0.2, 0.25) is 0 Å². The van der Waals surface area contributed by atoms with Crippen molar-refractivity contribution in [2.75, 3.05) is 13.6 Å². The Labute approximate surface area is 202 Å². The van der Waals surface area contributed by atoms with Crippen LogP contribution in [-0.4, -0.2) is 41.2 Å². The molecule has 5 N–H and O–H groups in total. The van der Waals surface area contributed by atoms with Gasteiger partial charge in [0.05, 0.1) is 35.4 Å². The summed E-state index contributed by atoms with van der Waals surface area (Å²) in [6.45, 7) is 5.46. The number of nitrogens with two attached hydrogens (primary N) is 2. The van der Waals surface area contributed by atoms with Crippen LogP contribution < -0.4 is 26.4 Å². The molecule has 1 heterocycles. The molecule has 184 valence electrons. The molecule has 0 spiro atoms. The number of rotatable bonds is 9. The van der Waals surface area contributed by atoms with Crippen molar-refractivity contribution in [1.82, 2.24) is 15.3 Å². The van der Waals surface area contributed by atoms with Gasteiger partial charge in [-0.2, -0.15) is 0 Å². The number of amides is 1. The molecule has 1 aromatic heterocycles. The molecular formula is C26H37N5O3. The number of aromatic nitrogens is 1. The second-order valence-corrected chi connectivity index (χ2v) is 9.24. The first-order chi connectivity index (χ1) is 16.2. The van der Waals surface area contributed by atoms with Crippen LogP contribution in [0.5, 0.6) is 11.5 Å². The van der Waals surface area contributed by atoms with Gasteiger partial charge in [-0.3, -0.25) is 4.79 Å². The Bertz CT molecular complexity index is 999. The lowest BCUT2D eigenvalue weighted by Crippen LogP contribution is -2.48. The van der Waals surface area contributed by atoms with Crippen LogP contribution in [-0.2, 0) is 4.79 Å². The van der Waals surface area contributed by atoms with E-state index in [1.54, 1.807) is 20.9 Å². The maximum Gasteiger partial charge on any atom is 0.263 e. The molecule has 0 bridgehead atoms. The first-order valence-corrected chi connectivity index (χ1v) is 11.8. The molecular weight excluding hydrogens is 430 g/mol. The van der Waals surface area contributed by atoms with E-state index in [0.717, 1.165) is 24.3 Å². The summed E-state index contributed by atoms with van der Waals surface area (Å²) in [7, 11) is 1.67. The molecule has 0 aliphatic heterocycles. The highest BCUT2D eigenvalue weighted by molar-refractivity contribution is 5.85. The van der Waals surface area contributed by atoms with E-state index in [2.05, 4.69) is 10.3 Å². The third-order valence-electron chi connectivity index (χ3n) is 5.98. The van der Waals surface area contributed by atoms with E-state index in [1.165, 1.54) is 24.3 Å². The predicted octanol–water partition coefficient (Wildman–Crippen LogP) is 3.51. The third-order valence-corrected chi connectivity index (χ3v) is 5.98. The Morgan fingerprint density at radius 3 is 2.44 bits per heavy atom. The molecule has 0 unspecified atom stereocenters. The number of nitrogens with zero attached hydrogens (tertiary/aromatic N) is 2. The monoisotopic (exact) mass is 467 g/mol. The minimum Gasteiger partial charge on any atom is -0.489 e. The number of pyridine rings is 1. The van der Waals surface area contributed by atoms with E-state index < -0.39 is 5.60 Å². The fraction of sp³-hybridized carbons (Fsp3) is 0.462. The zero-order chi connectivity index (χ0) is 24.7. The van der Waals surface area contributed by atoms with Crippen molar-refractivity contribution in [1.29, 1.82) is 0 Å². The summed E-state index contributed by atoms with van der Waals surface area (Å²) < 4.78 is 12.0. The largest absolute Gasteiger partial charge is 0.489 e. The number of hydrogen-bond donors (Lipinski definition) is 3. The van der Waals surface area contributed by atoms with E-state index in [4.69, 9.17) is 21.1 Å². The van der Waals surface area contributed by atoms with Crippen molar-refractivity contribution in [3.8, 4) is 11.5 Å². The van der Waals surface area contributed by atoms with E-state index in [1.807, 2.05) is 49.4 Å².